The number of rotatable bonds is 10. The average Bonchev–Trinajstić information content (AvgIpc) is 3.39. The van der Waals surface area contributed by atoms with E-state index >= 15 is 0 Å². The highest BCUT2D eigenvalue weighted by Gasteiger charge is 2.45. The Hall–Kier alpha value is -3.10. The average molecular weight is 509 g/mol. The minimum absolute atomic E-state index is 0.138. The number of aliphatic hydroxyl groups is 2. The van der Waals surface area contributed by atoms with E-state index in [0.717, 1.165) is 0 Å². The molecule has 6 atom stereocenters. The summed E-state index contributed by atoms with van der Waals surface area (Å²) in [5.74, 6) is -0.978. The highest BCUT2D eigenvalue weighted by Crippen LogP contribution is 2.46. The molecule has 0 spiro atoms. The maximum absolute atomic E-state index is 13.3. The third kappa shape index (κ3) is 5.28. The molecule has 35 heavy (non-hydrogen) atoms. The van der Waals surface area contributed by atoms with Gasteiger partial charge in [0.2, 0.25) is 0 Å². The van der Waals surface area contributed by atoms with Crippen molar-refractivity contribution in [3.8, 4) is 5.75 Å². The number of carboxylic acids is 1. The van der Waals surface area contributed by atoms with E-state index in [1.165, 1.54) is 36.1 Å². The van der Waals surface area contributed by atoms with Crippen LogP contribution >= 0.6 is 7.75 Å². The van der Waals surface area contributed by atoms with Gasteiger partial charge in [-0.25, -0.2) is 14.5 Å². The number of para-hydroxylation sites is 1. The summed E-state index contributed by atoms with van der Waals surface area (Å²) >= 11 is 0. The first-order valence-corrected chi connectivity index (χ1v) is 12.0. The van der Waals surface area contributed by atoms with Crippen LogP contribution in [-0.4, -0.2) is 72.0 Å². The maximum atomic E-state index is 13.3. The molecule has 2 aromatic heterocycles. The van der Waals surface area contributed by atoms with Gasteiger partial charge in [0.05, 0.1) is 12.0 Å². The summed E-state index contributed by atoms with van der Waals surface area (Å²) in [6.45, 7) is 0.762. The molecule has 0 amide bonds. The number of nitrogens with one attached hydrogen (secondary N) is 2. The van der Waals surface area contributed by atoms with Gasteiger partial charge in [-0.3, -0.25) is 20.0 Å². The molecule has 0 bridgehead atoms. The third-order valence-corrected chi connectivity index (χ3v) is 6.97. The van der Waals surface area contributed by atoms with Crippen LogP contribution in [0, 0.1) is 0 Å². The lowest BCUT2D eigenvalue weighted by molar-refractivity contribution is -0.138. The number of carbonyl (C=O) groups is 1. The zero-order valence-corrected chi connectivity index (χ0v) is 19.2. The van der Waals surface area contributed by atoms with Crippen LogP contribution in [0.3, 0.4) is 0 Å². The van der Waals surface area contributed by atoms with Crippen molar-refractivity contribution in [3.63, 3.8) is 0 Å². The van der Waals surface area contributed by atoms with Gasteiger partial charge in [-0.1, -0.05) is 18.2 Å². The van der Waals surface area contributed by atoms with Gasteiger partial charge >= 0.3 is 13.7 Å². The molecule has 188 valence electrons. The van der Waals surface area contributed by atoms with Crippen molar-refractivity contribution in [2.24, 2.45) is 0 Å². The Labute approximate surface area is 198 Å². The van der Waals surface area contributed by atoms with Crippen molar-refractivity contribution < 1.29 is 43.7 Å². The predicted octanol–water partition coefficient (Wildman–Crippen LogP) is 1.12. The molecule has 1 unspecified atom stereocenters. The summed E-state index contributed by atoms with van der Waals surface area (Å²) in [5, 5.41) is 42.4. The smallest absolute Gasteiger partial charge is 0.459 e. The second kappa shape index (κ2) is 10.3. The molecule has 1 aliphatic heterocycles. The number of benzene rings is 1. The number of hydrogen-bond acceptors (Lipinski definition) is 11. The third-order valence-electron chi connectivity index (χ3n) is 5.33. The topological polar surface area (TPSA) is 198 Å². The first-order valence-electron chi connectivity index (χ1n) is 10.5. The summed E-state index contributed by atoms with van der Waals surface area (Å²) < 4.78 is 31.4. The largest absolute Gasteiger partial charge is 0.480 e. The Kier molecular flexibility index (Phi) is 7.33. The van der Waals surface area contributed by atoms with Gasteiger partial charge < -0.3 is 29.1 Å². The highest BCUT2D eigenvalue weighted by molar-refractivity contribution is 7.52. The van der Waals surface area contributed by atoms with E-state index < -0.39 is 50.9 Å². The molecule has 1 saturated heterocycles. The summed E-state index contributed by atoms with van der Waals surface area (Å²) in [4.78, 5) is 19.3. The van der Waals surface area contributed by atoms with Crippen molar-refractivity contribution in [2.45, 2.75) is 37.5 Å². The van der Waals surface area contributed by atoms with Crippen molar-refractivity contribution in [1.29, 1.82) is 0 Å². The van der Waals surface area contributed by atoms with Gasteiger partial charge in [-0.2, -0.15) is 5.09 Å². The minimum atomic E-state index is -4.25. The number of ether oxygens (including phenoxy) is 1. The Morgan fingerprint density at radius 1 is 1.23 bits per heavy atom. The fraction of sp³-hybridized carbons (Fsp3) is 0.350. The molecule has 0 aliphatic carbocycles. The number of aliphatic hydroxyl groups excluding tert-OH is 2. The van der Waals surface area contributed by atoms with Gasteiger partial charge in [-0.05, 0) is 25.1 Å². The molecule has 0 saturated carbocycles. The lowest BCUT2D eigenvalue weighted by Gasteiger charge is -2.24. The van der Waals surface area contributed by atoms with Gasteiger partial charge in [0.25, 0.3) is 0 Å². The molecule has 15 heteroatoms. The summed E-state index contributed by atoms with van der Waals surface area (Å²) in [6, 6.07) is 8.31. The number of aliphatic carboxylic acids is 1. The van der Waals surface area contributed by atoms with Gasteiger partial charge in [-0.15, -0.1) is 0 Å². The standard InChI is InChI=1S/C20H24N5O9P/c1-11(20(28)29)24-35(31,34-12-5-3-2-4-6-12)32-9-14-15(26)16(27)19(33-14)25-8-7-13-17(23-30)21-10-22-18(13)25/h2-8,10-11,14-16,19,26-27,30H,9H2,1H3,(H,24,31)(H,28,29)(H,21,22,23)/t11-,14-,15-,16-,19-,35?/m1/s1. The Bertz CT molecular complexity index is 1230. The van der Waals surface area contributed by atoms with E-state index in [9.17, 15) is 29.9 Å². The molecule has 3 heterocycles. The van der Waals surface area contributed by atoms with E-state index in [-0.39, 0.29) is 11.6 Å². The van der Waals surface area contributed by atoms with Crippen molar-refractivity contribution >= 4 is 30.6 Å². The summed E-state index contributed by atoms with van der Waals surface area (Å²) in [6.07, 6.45) is -2.39. The zero-order valence-electron chi connectivity index (χ0n) is 18.3. The summed E-state index contributed by atoms with van der Waals surface area (Å²) in [5.41, 5.74) is 2.26. The first kappa shape index (κ1) is 25.0. The van der Waals surface area contributed by atoms with Crippen LogP contribution in [0.5, 0.6) is 5.75 Å². The van der Waals surface area contributed by atoms with E-state index in [0.29, 0.717) is 11.0 Å². The van der Waals surface area contributed by atoms with Crippen molar-refractivity contribution in [3.05, 3.63) is 48.9 Å². The molecule has 6 N–H and O–H groups in total. The second-order valence-corrected chi connectivity index (χ2v) is 9.42. The lowest BCUT2D eigenvalue weighted by Crippen LogP contribution is -2.36. The normalized spacial score (nSPS) is 24.7. The maximum Gasteiger partial charge on any atom is 0.459 e. The van der Waals surface area contributed by atoms with Crippen LogP contribution in [0.2, 0.25) is 0 Å². The van der Waals surface area contributed by atoms with Gasteiger partial charge in [0.15, 0.2) is 12.0 Å². The van der Waals surface area contributed by atoms with Crippen LogP contribution in [0.15, 0.2) is 48.9 Å². The highest BCUT2D eigenvalue weighted by atomic mass is 31.2. The molecule has 3 aromatic rings. The Morgan fingerprint density at radius 2 is 1.97 bits per heavy atom. The Balaban J connectivity index is 1.51. The predicted molar refractivity (Wildman–Crippen MR) is 120 cm³/mol. The Morgan fingerprint density at radius 3 is 2.66 bits per heavy atom. The quantitative estimate of drug-likeness (QED) is 0.168. The number of aromatic nitrogens is 3. The van der Waals surface area contributed by atoms with Crippen molar-refractivity contribution in [1.82, 2.24) is 19.6 Å². The van der Waals surface area contributed by atoms with E-state index in [1.807, 2.05) is 5.48 Å². The first-order chi connectivity index (χ1) is 16.7. The number of nitrogens with zero attached hydrogens (tertiary/aromatic N) is 3. The number of anilines is 1. The monoisotopic (exact) mass is 509 g/mol. The lowest BCUT2D eigenvalue weighted by atomic mass is 10.1. The van der Waals surface area contributed by atoms with Crippen LogP contribution in [0.1, 0.15) is 13.2 Å². The van der Waals surface area contributed by atoms with Crippen LogP contribution in [0.4, 0.5) is 5.82 Å². The molecule has 1 aliphatic rings. The van der Waals surface area contributed by atoms with E-state index in [1.54, 1.807) is 24.3 Å². The second-order valence-electron chi connectivity index (χ2n) is 7.73. The molecule has 1 fully saturated rings. The number of hydrogen-bond donors (Lipinski definition) is 6. The molecule has 1 aromatic carbocycles. The summed E-state index contributed by atoms with van der Waals surface area (Å²) in [7, 11) is -4.25. The fourth-order valence-corrected chi connectivity index (χ4v) is 5.04. The molecule has 0 radical (unpaired) electrons. The van der Waals surface area contributed by atoms with E-state index in [2.05, 4.69) is 15.1 Å². The number of carboxylic acid groups (broad SMARTS) is 1. The minimum Gasteiger partial charge on any atom is -0.480 e. The molecular weight excluding hydrogens is 485 g/mol. The van der Waals surface area contributed by atoms with Crippen LogP contribution < -0.4 is 15.1 Å². The van der Waals surface area contributed by atoms with Crippen LogP contribution in [-0.2, 0) is 18.6 Å². The van der Waals surface area contributed by atoms with Crippen molar-refractivity contribution in [2.75, 3.05) is 12.1 Å². The zero-order chi connectivity index (χ0) is 25.2. The molecular formula is C20H24N5O9P. The van der Waals surface area contributed by atoms with Crippen LogP contribution in [0.25, 0.3) is 11.0 Å². The van der Waals surface area contributed by atoms with Gasteiger partial charge in [0.1, 0.15) is 42.1 Å². The molecule has 14 nitrogen and oxygen atoms in total. The number of fused-ring (bicyclic) bond motifs is 1. The van der Waals surface area contributed by atoms with E-state index in [4.69, 9.17) is 13.8 Å². The van der Waals surface area contributed by atoms with Gasteiger partial charge in [0, 0.05) is 6.20 Å². The molecule has 4 rings (SSSR count). The fourth-order valence-electron chi connectivity index (χ4n) is 3.54. The SMILES string of the molecule is C[C@@H](NP(=O)(OC[C@H]1O[C@@H](n2ccc3c(NO)ncnc32)[C@H](O)[C@@H]1O)Oc1ccccc1)C(=O)O.